The fraction of sp³-hybridized carbons (Fsp3) is 0.135. The second-order valence-electron chi connectivity index (χ2n) is 15.2. The van der Waals surface area contributed by atoms with E-state index in [4.69, 9.17) is 15.9 Å². The van der Waals surface area contributed by atoms with E-state index in [9.17, 15) is 19.2 Å². The van der Waals surface area contributed by atoms with Gasteiger partial charge in [-0.2, -0.15) is 0 Å². The number of anilines is 6. The number of hydrogen-bond donors (Lipinski definition) is 3. The topological polar surface area (TPSA) is 154 Å². The van der Waals surface area contributed by atoms with Crippen molar-refractivity contribution in [1.29, 1.82) is 0 Å². The number of carbonyl (C=O) groups is 4. The van der Waals surface area contributed by atoms with E-state index in [0.717, 1.165) is 103 Å². The fourth-order valence-electron chi connectivity index (χ4n) is 7.03. The molecule has 0 fully saturated rings. The summed E-state index contributed by atoms with van der Waals surface area (Å²) in [4.78, 5) is 56.3. The Labute approximate surface area is 401 Å². The lowest BCUT2D eigenvalue weighted by atomic mass is 10.0. The van der Waals surface area contributed by atoms with Crippen LogP contribution in [0.5, 0.6) is 0 Å². The van der Waals surface area contributed by atoms with Crippen molar-refractivity contribution in [1.82, 2.24) is 0 Å². The molecule has 0 aromatic heterocycles. The van der Waals surface area contributed by atoms with Gasteiger partial charge in [0.2, 0.25) is 10.2 Å². The number of nitrogens with two attached hydrogens (primary N) is 1. The smallest absolute Gasteiger partial charge is 0.313 e. The number of aryl methyl sites for hydroxylation is 2. The summed E-state index contributed by atoms with van der Waals surface area (Å²) in [5, 5.41) is 17.6. The Balaban J connectivity index is 1.11. The van der Waals surface area contributed by atoms with Gasteiger partial charge < -0.3 is 25.7 Å². The van der Waals surface area contributed by atoms with Crippen molar-refractivity contribution in [2.24, 2.45) is 10.7 Å². The van der Waals surface area contributed by atoms with E-state index in [-0.39, 0.29) is 37.7 Å². The number of carbonyl (C=O) groups excluding carboxylic acids is 2. The van der Waals surface area contributed by atoms with E-state index in [1.165, 1.54) is 11.8 Å². The summed E-state index contributed by atoms with van der Waals surface area (Å²) in [5.41, 5.74) is 18.3. The minimum atomic E-state index is -0.962. The van der Waals surface area contributed by atoms with Gasteiger partial charge in [-0.3, -0.25) is 19.2 Å². The van der Waals surface area contributed by atoms with E-state index in [1.807, 2.05) is 67.6 Å². The Kier molecular flexibility index (Phi) is 16.0. The molecule has 0 amide bonds. The lowest BCUT2D eigenvalue weighted by Crippen LogP contribution is -2.12. The standard InChI is InChI=1S/C52H46N4O6S4/c1-4-49(63-31-47(57)58)65-50(61)45(53)29-35-11-19-39(20-12-35)55(43-9-5-7-33(2)27-43)41-23-15-37(16-24-41)38-17-25-42(26-18-38)56(44-10-6-8-34(3)28-44)40-21-13-36(14-22-40)30-46-51(62)66-52(54-46)64-32-48(59)60/h5-30,49H,4,31-32,53H2,1-3H3,(H,57,58)(H,59,60)/b45-29-,46-30-. The third kappa shape index (κ3) is 12.5. The number of benzene rings is 6. The van der Waals surface area contributed by atoms with Crippen LogP contribution in [-0.2, 0) is 19.2 Å². The summed E-state index contributed by atoms with van der Waals surface area (Å²) >= 11 is 4.27. The quantitative estimate of drug-likeness (QED) is 0.0587. The van der Waals surface area contributed by atoms with Gasteiger partial charge in [0, 0.05) is 34.1 Å². The monoisotopic (exact) mass is 950 g/mol. The molecule has 0 aliphatic carbocycles. The van der Waals surface area contributed by atoms with Crippen LogP contribution in [0.1, 0.15) is 35.6 Å². The molecule has 1 heterocycles. The van der Waals surface area contributed by atoms with Crippen molar-refractivity contribution in [3.05, 3.63) is 179 Å². The molecular weight excluding hydrogens is 905 g/mol. The first kappa shape index (κ1) is 47.5. The van der Waals surface area contributed by atoms with Crippen molar-refractivity contribution >= 4 is 120 Å². The first-order chi connectivity index (χ1) is 31.8. The van der Waals surface area contributed by atoms with Crippen molar-refractivity contribution in [3.63, 3.8) is 0 Å². The molecule has 0 saturated carbocycles. The fourth-order valence-corrected chi connectivity index (χ4v) is 10.5. The van der Waals surface area contributed by atoms with Crippen LogP contribution >= 0.6 is 47.0 Å². The van der Waals surface area contributed by atoms with Crippen LogP contribution in [-0.4, -0.2) is 52.8 Å². The summed E-state index contributed by atoms with van der Waals surface area (Å²) in [7, 11) is 0. The van der Waals surface area contributed by atoms with Crippen LogP contribution in [0.4, 0.5) is 34.1 Å². The molecule has 1 atom stereocenters. The molecule has 7 rings (SSSR count). The average Bonchev–Trinajstić information content (AvgIpc) is 3.66. The molecule has 0 radical (unpaired) electrons. The molecule has 0 spiro atoms. The lowest BCUT2D eigenvalue weighted by Gasteiger charge is -2.26. The molecule has 1 unspecified atom stereocenters. The number of aliphatic imine (C=N–C) groups is 1. The van der Waals surface area contributed by atoms with Gasteiger partial charge in [0.25, 0.3) is 0 Å². The molecule has 10 nitrogen and oxygen atoms in total. The highest BCUT2D eigenvalue weighted by atomic mass is 32.2. The molecule has 1 aliphatic heterocycles. The second-order valence-corrected chi connectivity index (χ2v) is 20.0. The summed E-state index contributed by atoms with van der Waals surface area (Å²) in [6, 6.07) is 49.3. The zero-order valence-electron chi connectivity index (χ0n) is 36.3. The van der Waals surface area contributed by atoms with Gasteiger partial charge >= 0.3 is 11.9 Å². The molecule has 14 heteroatoms. The lowest BCUT2D eigenvalue weighted by molar-refractivity contribution is -0.134. The van der Waals surface area contributed by atoms with E-state index in [1.54, 1.807) is 12.2 Å². The van der Waals surface area contributed by atoms with E-state index in [2.05, 4.69) is 114 Å². The average molecular weight is 951 g/mol. The molecule has 0 bridgehead atoms. The molecule has 6 aromatic carbocycles. The van der Waals surface area contributed by atoms with Gasteiger partial charge in [-0.25, -0.2) is 4.99 Å². The number of carboxylic acids is 2. The zero-order valence-corrected chi connectivity index (χ0v) is 39.6. The molecule has 4 N–H and O–H groups in total. The van der Waals surface area contributed by atoms with Gasteiger partial charge in [-0.1, -0.05) is 103 Å². The first-order valence-corrected chi connectivity index (χ1v) is 24.6. The largest absolute Gasteiger partial charge is 0.481 e. The number of aliphatic carboxylic acids is 2. The van der Waals surface area contributed by atoms with Gasteiger partial charge in [0.05, 0.1) is 21.8 Å². The van der Waals surface area contributed by atoms with Crippen molar-refractivity contribution in [2.75, 3.05) is 21.3 Å². The third-order valence-corrected chi connectivity index (χ3v) is 15.0. The normalized spacial score (nSPS) is 13.6. The SMILES string of the molecule is CCC(SCC(=O)O)SC(=O)/C(N)=C/c1ccc(N(c2ccc(-c3ccc(N(c4ccc(/C=C5\N=C(SCC(=O)O)SC5=O)cc4)c4cccc(C)c4)cc3)cc2)c2cccc(C)c2)cc1. The Morgan fingerprint density at radius 3 is 1.59 bits per heavy atom. The minimum absolute atomic E-state index is 0.0748. The Bertz CT molecular complexity index is 2830. The van der Waals surface area contributed by atoms with Crippen LogP contribution in [0, 0.1) is 13.8 Å². The van der Waals surface area contributed by atoms with Crippen LogP contribution in [0.15, 0.2) is 162 Å². The van der Waals surface area contributed by atoms with Crippen LogP contribution < -0.4 is 15.5 Å². The molecule has 1 aliphatic rings. The number of rotatable bonds is 17. The Morgan fingerprint density at radius 2 is 1.14 bits per heavy atom. The second kappa shape index (κ2) is 22.2. The van der Waals surface area contributed by atoms with Crippen LogP contribution in [0.25, 0.3) is 23.3 Å². The van der Waals surface area contributed by atoms with Crippen LogP contribution in [0.3, 0.4) is 0 Å². The van der Waals surface area contributed by atoms with Gasteiger partial charge in [-0.05, 0) is 150 Å². The highest BCUT2D eigenvalue weighted by molar-refractivity contribution is 8.45. The predicted molar refractivity (Wildman–Crippen MR) is 278 cm³/mol. The molecule has 66 heavy (non-hydrogen) atoms. The maximum Gasteiger partial charge on any atom is 0.313 e. The molecule has 334 valence electrons. The summed E-state index contributed by atoms with van der Waals surface area (Å²) in [6.07, 6.45) is 4.01. The summed E-state index contributed by atoms with van der Waals surface area (Å²) in [5.74, 6) is -2.11. The van der Waals surface area contributed by atoms with E-state index >= 15 is 0 Å². The number of nitrogens with zero attached hydrogens (tertiary/aromatic N) is 3. The molecule has 0 saturated heterocycles. The Hall–Kier alpha value is -6.45. The van der Waals surface area contributed by atoms with Crippen molar-refractivity contribution in [2.45, 2.75) is 31.8 Å². The third-order valence-electron chi connectivity index (χ3n) is 10.2. The zero-order chi connectivity index (χ0) is 46.7. The highest BCUT2D eigenvalue weighted by Crippen LogP contribution is 2.39. The number of hydrogen-bond acceptors (Lipinski definition) is 12. The molecule has 6 aromatic rings. The van der Waals surface area contributed by atoms with Crippen molar-refractivity contribution in [3.8, 4) is 11.1 Å². The highest BCUT2D eigenvalue weighted by Gasteiger charge is 2.24. The van der Waals surface area contributed by atoms with Crippen LogP contribution in [0.2, 0.25) is 0 Å². The number of thioether (sulfide) groups is 4. The van der Waals surface area contributed by atoms with Gasteiger partial charge in [0.1, 0.15) is 10.1 Å². The maximum atomic E-state index is 12.9. The van der Waals surface area contributed by atoms with Gasteiger partial charge in [0.15, 0.2) is 0 Å². The first-order valence-electron chi connectivity index (χ1n) is 20.9. The van der Waals surface area contributed by atoms with Crippen molar-refractivity contribution < 1.29 is 29.4 Å². The van der Waals surface area contributed by atoms with Gasteiger partial charge in [-0.15, -0.1) is 11.8 Å². The van der Waals surface area contributed by atoms with E-state index in [0.29, 0.717) is 10.8 Å². The Morgan fingerprint density at radius 1 is 0.667 bits per heavy atom. The predicted octanol–water partition coefficient (Wildman–Crippen LogP) is 12.8. The minimum Gasteiger partial charge on any atom is -0.481 e. The number of carboxylic acid groups (broad SMARTS) is 2. The maximum absolute atomic E-state index is 12.9. The van der Waals surface area contributed by atoms with E-state index < -0.39 is 11.9 Å². The summed E-state index contributed by atoms with van der Waals surface area (Å²) < 4.78 is 0.233. The summed E-state index contributed by atoms with van der Waals surface area (Å²) in [6.45, 7) is 6.04. The molecular formula is C52H46N4O6S4.